The smallest absolute Gasteiger partial charge is 0.325 e. The Morgan fingerprint density at radius 1 is 1.24 bits per heavy atom. The number of aryl methyl sites for hydroxylation is 1. The van der Waals surface area contributed by atoms with Crippen LogP contribution < -0.4 is 5.32 Å². The second kappa shape index (κ2) is 8.78. The van der Waals surface area contributed by atoms with E-state index in [9.17, 15) is 18.8 Å². The summed E-state index contributed by atoms with van der Waals surface area (Å²) in [5.41, 5.74) is 2.07. The van der Waals surface area contributed by atoms with Crippen molar-refractivity contribution in [2.75, 3.05) is 13.2 Å². The van der Waals surface area contributed by atoms with Crippen LogP contribution in [0.1, 0.15) is 32.1 Å². The Kier molecular flexibility index (Phi) is 6.18. The van der Waals surface area contributed by atoms with E-state index in [1.54, 1.807) is 19.2 Å². The molecule has 0 saturated carbocycles. The van der Waals surface area contributed by atoms with Gasteiger partial charge >= 0.3 is 5.97 Å². The van der Waals surface area contributed by atoms with Crippen LogP contribution >= 0.6 is 11.3 Å². The van der Waals surface area contributed by atoms with Gasteiger partial charge in [-0.2, -0.15) is 0 Å². The number of ketones is 1. The van der Waals surface area contributed by atoms with Gasteiger partial charge < -0.3 is 10.1 Å². The molecule has 0 aliphatic rings. The van der Waals surface area contributed by atoms with Gasteiger partial charge in [-0.3, -0.25) is 19.0 Å². The molecule has 0 atom stereocenters. The first-order chi connectivity index (χ1) is 13.9. The lowest BCUT2D eigenvalue weighted by Gasteiger charge is -2.07. The number of nitrogens with zero attached hydrogens (tertiary/aromatic N) is 2. The van der Waals surface area contributed by atoms with Crippen LogP contribution in [0.5, 0.6) is 0 Å². The van der Waals surface area contributed by atoms with E-state index in [1.807, 2.05) is 16.9 Å². The van der Waals surface area contributed by atoms with Gasteiger partial charge in [-0.15, -0.1) is 11.3 Å². The minimum atomic E-state index is -0.767. The average molecular weight is 415 g/mol. The monoisotopic (exact) mass is 415 g/mol. The third-order valence-corrected chi connectivity index (χ3v) is 4.94. The van der Waals surface area contributed by atoms with Gasteiger partial charge in [-0.1, -0.05) is 6.07 Å². The number of benzene rings is 1. The number of ether oxygens (including phenoxy) is 1. The molecule has 9 heteroatoms. The van der Waals surface area contributed by atoms with Gasteiger partial charge in [-0.05, 0) is 38.1 Å². The molecular weight excluding hydrogens is 397 g/mol. The van der Waals surface area contributed by atoms with Crippen LogP contribution in [-0.4, -0.2) is 40.4 Å². The zero-order chi connectivity index (χ0) is 21.0. The zero-order valence-corrected chi connectivity index (χ0v) is 16.6. The van der Waals surface area contributed by atoms with Crippen molar-refractivity contribution in [3.05, 3.63) is 70.2 Å². The number of carbonyl (C=O) groups excluding carboxylic acids is 3. The van der Waals surface area contributed by atoms with Crippen LogP contribution in [0.4, 0.5) is 4.39 Å². The topological polar surface area (TPSA) is 90.3 Å². The Balaban J connectivity index is 1.55. The molecule has 2 heterocycles. The quantitative estimate of drug-likeness (QED) is 0.473. The standard InChI is InChI=1S/C20H18FN3O4S/c1-12-8-16(13(2)24(12)20-22-6-7-29-20)17(25)11-28-18(26)10-23-19(27)14-4-3-5-15(21)9-14/h3-9H,10-11H2,1-2H3,(H,23,27). The molecule has 0 bridgehead atoms. The SMILES string of the molecule is Cc1cc(C(=O)COC(=O)CNC(=O)c2cccc(F)c2)c(C)n1-c1nccs1. The summed E-state index contributed by atoms with van der Waals surface area (Å²) in [5, 5.41) is 4.92. The highest BCUT2D eigenvalue weighted by molar-refractivity contribution is 7.12. The third kappa shape index (κ3) is 4.75. The molecule has 0 fully saturated rings. The van der Waals surface area contributed by atoms with E-state index in [0.717, 1.165) is 16.9 Å². The molecule has 150 valence electrons. The highest BCUT2D eigenvalue weighted by Crippen LogP contribution is 2.22. The lowest BCUT2D eigenvalue weighted by atomic mass is 10.1. The fourth-order valence-corrected chi connectivity index (χ4v) is 3.58. The molecule has 3 aromatic rings. The molecule has 0 aliphatic carbocycles. The first-order valence-electron chi connectivity index (χ1n) is 8.68. The predicted octanol–water partition coefficient (Wildman–Crippen LogP) is 2.85. The van der Waals surface area contributed by atoms with Crippen molar-refractivity contribution in [2.45, 2.75) is 13.8 Å². The zero-order valence-electron chi connectivity index (χ0n) is 15.8. The lowest BCUT2D eigenvalue weighted by Crippen LogP contribution is -2.31. The minimum absolute atomic E-state index is 0.0866. The number of esters is 1. The van der Waals surface area contributed by atoms with Crippen LogP contribution in [-0.2, 0) is 9.53 Å². The van der Waals surface area contributed by atoms with Crippen molar-refractivity contribution < 1.29 is 23.5 Å². The van der Waals surface area contributed by atoms with Gasteiger partial charge in [0.2, 0.25) is 5.78 Å². The van der Waals surface area contributed by atoms with Gasteiger partial charge in [0.05, 0.1) is 0 Å². The van der Waals surface area contributed by atoms with Crippen LogP contribution in [0, 0.1) is 19.7 Å². The molecule has 0 spiro atoms. The molecule has 7 nitrogen and oxygen atoms in total. The normalized spacial score (nSPS) is 10.6. The maximum absolute atomic E-state index is 13.1. The number of hydrogen-bond donors (Lipinski definition) is 1. The highest BCUT2D eigenvalue weighted by Gasteiger charge is 2.19. The number of aromatic nitrogens is 2. The predicted molar refractivity (Wildman–Crippen MR) is 105 cm³/mol. The van der Waals surface area contributed by atoms with E-state index in [4.69, 9.17) is 4.74 Å². The van der Waals surface area contributed by atoms with Crippen molar-refractivity contribution in [1.82, 2.24) is 14.9 Å². The maximum atomic E-state index is 13.1. The maximum Gasteiger partial charge on any atom is 0.325 e. The first-order valence-corrected chi connectivity index (χ1v) is 9.56. The number of nitrogens with one attached hydrogen (secondary N) is 1. The van der Waals surface area contributed by atoms with E-state index in [-0.39, 0.29) is 11.3 Å². The van der Waals surface area contributed by atoms with E-state index < -0.39 is 30.8 Å². The molecule has 2 aromatic heterocycles. The number of hydrogen-bond acceptors (Lipinski definition) is 6. The minimum Gasteiger partial charge on any atom is -0.456 e. The fourth-order valence-electron chi connectivity index (χ4n) is 2.82. The van der Waals surface area contributed by atoms with Gasteiger partial charge in [-0.25, -0.2) is 9.37 Å². The molecule has 0 radical (unpaired) electrons. The lowest BCUT2D eigenvalue weighted by molar-refractivity contribution is -0.141. The van der Waals surface area contributed by atoms with Gasteiger partial charge in [0.1, 0.15) is 12.4 Å². The Morgan fingerprint density at radius 3 is 2.72 bits per heavy atom. The molecule has 1 amide bonds. The largest absolute Gasteiger partial charge is 0.456 e. The number of Topliss-reactive ketones (excluding diaryl/α,β-unsaturated/α-hetero) is 1. The molecule has 0 aliphatic heterocycles. The van der Waals surface area contributed by atoms with Crippen LogP contribution in [0.3, 0.4) is 0 Å². The summed E-state index contributed by atoms with van der Waals surface area (Å²) in [7, 11) is 0. The van der Waals surface area contributed by atoms with Crippen molar-refractivity contribution in [1.29, 1.82) is 0 Å². The number of amides is 1. The van der Waals surface area contributed by atoms with Crippen molar-refractivity contribution >= 4 is 29.0 Å². The number of halogens is 1. The first kappa shape index (κ1) is 20.4. The number of thiazole rings is 1. The van der Waals surface area contributed by atoms with Gasteiger partial charge in [0.15, 0.2) is 11.7 Å². The Morgan fingerprint density at radius 2 is 2.03 bits per heavy atom. The Labute approximate surface area is 170 Å². The summed E-state index contributed by atoms with van der Waals surface area (Å²) in [6.45, 7) is 2.78. The third-order valence-electron chi connectivity index (χ3n) is 4.19. The van der Waals surface area contributed by atoms with Crippen LogP contribution in [0.2, 0.25) is 0 Å². The van der Waals surface area contributed by atoms with E-state index in [0.29, 0.717) is 11.3 Å². The molecule has 1 aromatic carbocycles. The second-order valence-electron chi connectivity index (χ2n) is 6.21. The molecule has 3 rings (SSSR count). The van der Waals surface area contributed by atoms with Gasteiger partial charge in [0, 0.05) is 34.1 Å². The van der Waals surface area contributed by atoms with E-state index in [1.165, 1.54) is 29.5 Å². The van der Waals surface area contributed by atoms with E-state index >= 15 is 0 Å². The summed E-state index contributed by atoms with van der Waals surface area (Å²) < 4.78 is 20.0. The van der Waals surface area contributed by atoms with Crippen molar-refractivity contribution in [3.63, 3.8) is 0 Å². The molecule has 29 heavy (non-hydrogen) atoms. The van der Waals surface area contributed by atoms with Gasteiger partial charge in [0.25, 0.3) is 5.91 Å². The highest BCUT2D eigenvalue weighted by atomic mass is 32.1. The molecule has 1 N–H and O–H groups in total. The fraction of sp³-hybridized carbons (Fsp3) is 0.200. The number of carbonyl (C=O) groups is 3. The average Bonchev–Trinajstić information content (AvgIpc) is 3.31. The summed E-state index contributed by atoms with van der Waals surface area (Å²) >= 11 is 1.45. The Hall–Kier alpha value is -3.33. The van der Waals surface area contributed by atoms with Crippen molar-refractivity contribution in [3.8, 4) is 5.13 Å². The summed E-state index contributed by atoms with van der Waals surface area (Å²) in [4.78, 5) is 40.5. The molecule has 0 saturated heterocycles. The van der Waals surface area contributed by atoms with Crippen molar-refractivity contribution in [2.24, 2.45) is 0 Å². The van der Waals surface area contributed by atoms with E-state index in [2.05, 4.69) is 10.3 Å². The second-order valence-corrected chi connectivity index (χ2v) is 7.08. The number of rotatable bonds is 7. The summed E-state index contributed by atoms with van der Waals surface area (Å²) in [5.74, 6) is -2.29. The molecular formula is C20H18FN3O4S. The Bertz CT molecular complexity index is 1060. The van der Waals surface area contributed by atoms with Crippen LogP contribution in [0.25, 0.3) is 5.13 Å². The summed E-state index contributed by atoms with van der Waals surface area (Å²) in [6.07, 6.45) is 1.68. The van der Waals surface area contributed by atoms with Crippen LogP contribution in [0.15, 0.2) is 41.9 Å². The molecule has 0 unspecified atom stereocenters. The summed E-state index contributed by atoms with van der Waals surface area (Å²) in [6, 6.07) is 6.80.